The Morgan fingerprint density at radius 1 is 0.920 bits per heavy atom. The lowest BCUT2D eigenvalue weighted by atomic mass is 10.1. The number of hydrogen-bond donors (Lipinski definition) is 1. The molecule has 0 saturated carbocycles. The van der Waals surface area contributed by atoms with Gasteiger partial charge < -0.3 is 10.1 Å². The number of rotatable bonds is 4. The van der Waals surface area contributed by atoms with Gasteiger partial charge in [-0.2, -0.15) is 0 Å². The van der Waals surface area contributed by atoms with Gasteiger partial charge in [-0.05, 0) is 48.9 Å². The van der Waals surface area contributed by atoms with Gasteiger partial charge >= 0.3 is 5.97 Å². The van der Waals surface area contributed by atoms with Crippen LogP contribution in [0.5, 0.6) is 0 Å². The highest BCUT2D eigenvalue weighted by Crippen LogP contribution is 2.19. The first-order valence-corrected chi connectivity index (χ1v) is 8.01. The highest BCUT2D eigenvalue weighted by Gasteiger charge is 2.14. The Hall–Kier alpha value is -3.21. The molecule has 25 heavy (non-hydrogen) atoms. The molecule has 0 radical (unpaired) electrons. The van der Waals surface area contributed by atoms with E-state index in [-0.39, 0.29) is 23.4 Å². The number of anilines is 1. The highest BCUT2D eigenvalue weighted by atomic mass is 16.5. The van der Waals surface area contributed by atoms with E-state index in [0.717, 1.165) is 10.8 Å². The minimum Gasteiger partial charge on any atom is -0.458 e. The van der Waals surface area contributed by atoms with Crippen molar-refractivity contribution in [2.24, 2.45) is 0 Å². The number of esters is 1. The summed E-state index contributed by atoms with van der Waals surface area (Å²) in [7, 11) is 0. The monoisotopic (exact) mass is 334 g/mol. The molecular weight excluding hydrogens is 316 g/mol. The van der Waals surface area contributed by atoms with Gasteiger partial charge in [-0.25, -0.2) is 9.78 Å². The predicted octanol–water partition coefficient (Wildman–Crippen LogP) is 4.05. The van der Waals surface area contributed by atoms with E-state index in [4.69, 9.17) is 4.74 Å². The average molecular weight is 334 g/mol. The average Bonchev–Trinajstić information content (AvgIpc) is 2.61. The summed E-state index contributed by atoms with van der Waals surface area (Å²) in [5.74, 6) is -0.926. The zero-order chi connectivity index (χ0) is 17.8. The van der Waals surface area contributed by atoms with Crippen molar-refractivity contribution in [1.29, 1.82) is 0 Å². The summed E-state index contributed by atoms with van der Waals surface area (Å²) in [4.78, 5) is 28.4. The van der Waals surface area contributed by atoms with Crippen LogP contribution >= 0.6 is 0 Å². The Labute approximate surface area is 145 Å². The van der Waals surface area contributed by atoms with Crippen molar-refractivity contribution in [2.45, 2.75) is 20.0 Å². The van der Waals surface area contributed by atoms with Gasteiger partial charge in [0.05, 0.1) is 6.10 Å². The summed E-state index contributed by atoms with van der Waals surface area (Å²) in [5.41, 5.74) is 0.937. The van der Waals surface area contributed by atoms with Crippen LogP contribution in [0.2, 0.25) is 0 Å². The molecule has 0 saturated heterocycles. The molecule has 3 rings (SSSR count). The maximum Gasteiger partial charge on any atom is 0.357 e. The Kier molecular flexibility index (Phi) is 4.75. The van der Waals surface area contributed by atoms with Crippen LogP contribution in [0.4, 0.5) is 5.69 Å². The van der Waals surface area contributed by atoms with Crippen LogP contribution in [0.1, 0.15) is 34.8 Å². The summed E-state index contributed by atoms with van der Waals surface area (Å²) < 4.78 is 5.10. The van der Waals surface area contributed by atoms with Gasteiger partial charge in [0, 0.05) is 5.69 Å². The standard InChI is InChI=1S/C20H18N2O3/c1-13(2)25-20(24)18-9-5-8-17(22-18)19(23)21-16-11-10-14-6-3-4-7-15(14)12-16/h3-13H,1-2H3,(H,21,23). The van der Waals surface area contributed by atoms with Crippen molar-refractivity contribution in [1.82, 2.24) is 4.98 Å². The van der Waals surface area contributed by atoms with Gasteiger partial charge in [-0.15, -0.1) is 0 Å². The molecule has 1 N–H and O–H groups in total. The lowest BCUT2D eigenvalue weighted by Gasteiger charge is -2.09. The van der Waals surface area contributed by atoms with E-state index in [2.05, 4.69) is 10.3 Å². The third-order valence-corrected chi connectivity index (χ3v) is 3.54. The van der Waals surface area contributed by atoms with Crippen molar-refractivity contribution in [3.05, 3.63) is 72.1 Å². The van der Waals surface area contributed by atoms with Gasteiger partial charge in [0.15, 0.2) is 0 Å². The maximum atomic E-state index is 12.4. The molecule has 0 spiro atoms. The zero-order valence-electron chi connectivity index (χ0n) is 14.0. The molecule has 2 aromatic carbocycles. The number of benzene rings is 2. The van der Waals surface area contributed by atoms with Crippen LogP contribution in [0.25, 0.3) is 10.8 Å². The van der Waals surface area contributed by atoms with Crippen molar-refractivity contribution in [3.8, 4) is 0 Å². The Morgan fingerprint density at radius 2 is 1.64 bits per heavy atom. The van der Waals surface area contributed by atoms with E-state index < -0.39 is 5.97 Å². The van der Waals surface area contributed by atoms with E-state index in [1.54, 1.807) is 26.0 Å². The normalized spacial score (nSPS) is 10.7. The zero-order valence-corrected chi connectivity index (χ0v) is 14.0. The van der Waals surface area contributed by atoms with Gasteiger partial charge in [-0.1, -0.05) is 36.4 Å². The summed E-state index contributed by atoms with van der Waals surface area (Å²) in [6.07, 6.45) is -0.246. The molecule has 1 amide bonds. The second-order valence-electron chi connectivity index (χ2n) is 5.88. The topological polar surface area (TPSA) is 68.3 Å². The Morgan fingerprint density at radius 3 is 2.40 bits per heavy atom. The number of hydrogen-bond acceptors (Lipinski definition) is 4. The van der Waals surface area contributed by atoms with Crippen LogP contribution in [0, 0.1) is 0 Å². The van der Waals surface area contributed by atoms with Gasteiger partial charge in [-0.3, -0.25) is 4.79 Å². The number of pyridine rings is 1. The molecule has 0 unspecified atom stereocenters. The Bertz CT molecular complexity index is 935. The number of aromatic nitrogens is 1. The van der Waals surface area contributed by atoms with Crippen LogP contribution in [0.3, 0.4) is 0 Å². The van der Waals surface area contributed by atoms with Crippen LogP contribution in [-0.4, -0.2) is 23.0 Å². The fourth-order valence-corrected chi connectivity index (χ4v) is 2.41. The molecule has 5 heteroatoms. The third-order valence-electron chi connectivity index (χ3n) is 3.54. The van der Waals surface area contributed by atoms with E-state index in [9.17, 15) is 9.59 Å². The second kappa shape index (κ2) is 7.13. The molecule has 3 aromatic rings. The first-order chi connectivity index (χ1) is 12.0. The van der Waals surface area contributed by atoms with Gasteiger partial charge in [0.25, 0.3) is 5.91 Å². The van der Waals surface area contributed by atoms with E-state index in [1.165, 1.54) is 6.07 Å². The first-order valence-electron chi connectivity index (χ1n) is 8.01. The Balaban J connectivity index is 1.79. The fourth-order valence-electron chi connectivity index (χ4n) is 2.41. The fraction of sp³-hybridized carbons (Fsp3) is 0.150. The molecule has 126 valence electrons. The number of carbonyl (C=O) groups is 2. The number of nitrogens with one attached hydrogen (secondary N) is 1. The first kappa shape index (κ1) is 16.6. The number of ether oxygens (including phenoxy) is 1. The molecular formula is C20H18N2O3. The van der Waals surface area contributed by atoms with Crippen molar-refractivity contribution in [3.63, 3.8) is 0 Å². The van der Waals surface area contributed by atoms with E-state index in [0.29, 0.717) is 5.69 Å². The molecule has 1 aromatic heterocycles. The molecule has 0 atom stereocenters. The quantitative estimate of drug-likeness (QED) is 0.731. The SMILES string of the molecule is CC(C)OC(=O)c1cccc(C(=O)Nc2ccc3ccccc3c2)n1. The van der Waals surface area contributed by atoms with Crippen molar-refractivity contribution in [2.75, 3.05) is 5.32 Å². The molecule has 0 aliphatic rings. The van der Waals surface area contributed by atoms with Crippen LogP contribution in [0.15, 0.2) is 60.7 Å². The summed E-state index contributed by atoms with van der Waals surface area (Å²) in [5, 5.41) is 4.93. The molecule has 1 heterocycles. The minimum atomic E-state index is -0.546. The van der Waals surface area contributed by atoms with Crippen LogP contribution in [-0.2, 0) is 4.74 Å². The third kappa shape index (κ3) is 4.01. The molecule has 0 aliphatic carbocycles. The number of fused-ring (bicyclic) bond motifs is 1. The summed E-state index contributed by atoms with van der Waals surface area (Å²) >= 11 is 0. The molecule has 0 aliphatic heterocycles. The number of amides is 1. The summed E-state index contributed by atoms with van der Waals surface area (Å²) in [6.45, 7) is 3.52. The maximum absolute atomic E-state index is 12.4. The van der Waals surface area contributed by atoms with Crippen molar-refractivity contribution < 1.29 is 14.3 Å². The number of carbonyl (C=O) groups excluding carboxylic acids is 2. The smallest absolute Gasteiger partial charge is 0.357 e. The highest BCUT2D eigenvalue weighted by molar-refractivity contribution is 6.04. The second-order valence-corrected chi connectivity index (χ2v) is 5.88. The lowest BCUT2D eigenvalue weighted by molar-refractivity contribution is 0.0371. The van der Waals surface area contributed by atoms with Crippen LogP contribution < -0.4 is 5.32 Å². The predicted molar refractivity (Wildman–Crippen MR) is 96.7 cm³/mol. The minimum absolute atomic E-state index is 0.111. The van der Waals surface area contributed by atoms with E-state index >= 15 is 0 Å². The van der Waals surface area contributed by atoms with E-state index in [1.807, 2.05) is 42.5 Å². The molecule has 5 nitrogen and oxygen atoms in total. The van der Waals surface area contributed by atoms with Gasteiger partial charge in [0.2, 0.25) is 0 Å². The number of nitrogens with zero attached hydrogens (tertiary/aromatic N) is 1. The largest absolute Gasteiger partial charge is 0.458 e. The van der Waals surface area contributed by atoms with Gasteiger partial charge in [0.1, 0.15) is 11.4 Å². The molecule has 0 fully saturated rings. The summed E-state index contributed by atoms with van der Waals surface area (Å²) in [6, 6.07) is 18.2. The lowest BCUT2D eigenvalue weighted by Crippen LogP contribution is -2.17. The van der Waals surface area contributed by atoms with Crippen molar-refractivity contribution >= 4 is 28.3 Å². The molecule has 0 bridgehead atoms.